The Morgan fingerprint density at radius 1 is 1.35 bits per heavy atom. The van der Waals surface area contributed by atoms with Crippen molar-refractivity contribution in [2.45, 2.75) is 26.0 Å². The topological polar surface area (TPSA) is 66.6 Å². The molecule has 17 heavy (non-hydrogen) atoms. The van der Waals surface area contributed by atoms with Crippen molar-refractivity contribution in [1.29, 1.82) is 0 Å². The molecule has 3 N–H and O–H groups in total. The summed E-state index contributed by atoms with van der Waals surface area (Å²) < 4.78 is 0. The number of hydrogen-bond donors (Lipinski definition) is 2. The molecule has 0 atom stereocenters. The summed E-state index contributed by atoms with van der Waals surface area (Å²) in [7, 11) is 0. The normalized spacial score (nSPS) is 11.8. The molecule has 0 unspecified atom stereocenters. The molecule has 4 heteroatoms. The van der Waals surface area contributed by atoms with Crippen molar-refractivity contribution < 1.29 is 9.90 Å². The lowest BCUT2D eigenvalue weighted by molar-refractivity contribution is -0.119. The number of aliphatic hydroxyl groups is 1. The summed E-state index contributed by atoms with van der Waals surface area (Å²) in [5, 5.41) is 9.79. The van der Waals surface area contributed by atoms with Gasteiger partial charge in [0.05, 0.1) is 12.1 Å². The first-order chi connectivity index (χ1) is 7.87. The van der Waals surface area contributed by atoms with E-state index in [2.05, 4.69) is 0 Å². The third kappa shape index (κ3) is 6.04. The Kier molecular flexibility index (Phi) is 4.66. The molecule has 1 aromatic carbocycles. The number of nitrogens with zero attached hydrogens (tertiary/aromatic N) is 1. The zero-order valence-corrected chi connectivity index (χ0v) is 10.4. The molecule has 0 saturated carbocycles. The number of rotatable bonds is 6. The maximum absolute atomic E-state index is 11.0. The van der Waals surface area contributed by atoms with Gasteiger partial charge in [0.25, 0.3) is 0 Å². The predicted molar refractivity (Wildman–Crippen MR) is 67.2 cm³/mol. The van der Waals surface area contributed by atoms with Gasteiger partial charge in [-0.1, -0.05) is 30.3 Å². The Labute approximate surface area is 102 Å². The van der Waals surface area contributed by atoms with Crippen LogP contribution in [0.15, 0.2) is 30.3 Å². The zero-order valence-electron chi connectivity index (χ0n) is 10.4. The first-order valence-corrected chi connectivity index (χ1v) is 5.64. The molecule has 0 heterocycles. The van der Waals surface area contributed by atoms with Crippen molar-refractivity contribution in [1.82, 2.24) is 4.90 Å². The van der Waals surface area contributed by atoms with Crippen molar-refractivity contribution in [2.75, 3.05) is 13.1 Å². The smallest absolute Gasteiger partial charge is 0.231 e. The maximum atomic E-state index is 11.0. The van der Waals surface area contributed by atoms with Crippen LogP contribution in [0.2, 0.25) is 0 Å². The summed E-state index contributed by atoms with van der Waals surface area (Å²) in [4.78, 5) is 12.8. The van der Waals surface area contributed by atoms with Gasteiger partial charge in [0.2, 0.25) is 5.91 Å². The largest absolute Gasteiger partial charge is 0.389 e. The third-order valence-electron chi connectivity index (χ3n) is 2.24. The SMILES string of the molecule is CC(C)(O)CN(CC(N)=O)Cc1ccccc1. The van der Waals surface area contributed by atoms with Gasteiger partial charge in [-0.3, -0.25) is 9.69 Å². The minimum Gasteiger partial charge on any atom is -0.389 e. The van der Waals surface area contributed by atoms with E-state index >= 15 is 0 Å². The number of benzene rings is 1. The van der Waals surface area contributed by atoms with Crippen LogP contribution in [-0.4, -0.2) is 34.6 Å². The fraction of sp³-hybridized carbons (Fsp3) is 0.462. The first-order valence-electron chi connectivity index (χ1n) is 5.64. The summed E-state index contributed by atoms with van der Waals surface area (Å²) in [6.07, 6.45) is 0. The van der Waals surface area contributed by atoms with Gasteiger partial charge in [0, 0.05) is 13.1 Å². The number of carbonyl (C=O) groups is 1. The Hall–Kier alpha value is -1.39. The molecule has 0 radical (unpaired) electrons. The number of primary amides is 1. The fourth-order valence-corrected chi connectivity index (χ4v) is 1.78. The van der Waals surface area contributed by atoms with Gasteiger partial charge in [0.15, 0.2) is 0 Å². The highest BCUT2D eigenvalue weighted by Gasteiger charge is 2.19. The van der Waals surface area contributed by atoms with E-state index in [1.807, 2.05) is 35.2 Å². The Morgan fingerprint density at radius 3 is 2.41 bits per heavy atom. The number of hydrogen-bond acceptors (Lipinski definition) is 3. The quantitative estimate of drug-likeness (QED) is 0.765. The molecule has 1 rings (SSSR count). The van der Waals surface area contributed by atoms with E-state index in [-0.39, 0.29) is 12.5 Å². The lowest BCUT2D eigenvalue weighted by Gasteiger charge is -2.28. The van der Waals surface area contributed by atoms with Crippen LogP contribution in [-0.2, 0) is 11.3 Å². The van der Waals surface area contributed by atoms with Crippen LogP contribution in [0.25, 0.3) is 0 Å². The van der Waals surface area contributed by atoms with E-state index < -0.39 is 5.60 Å². The fourth-order valence-electron chi connectivity index (χ4n) is 1.78. The van der Waals surface area contributed by atoms with Crippen LogP contribution >= 0.6 is 0 Å². The molecule has 0 bridgehead atoms. The number of nitrogens with two attached hydrogens (primary N) is 1. The standard InChI is InChI=1S/C13H20N2O2/c1-13(2,17)10-15(9-12(14)16)8-11-6-4-3-5-7-11/h3-7,17H,8-10H2,1-2H3,(H2,14,16). The zero-order chi connectivity index (χ0) is 12.9. The molecule has 0 saturated heterocycles. The minimum absolute atomic E-state index is 0.152. The highest BCUT2D eigenvalue weighted by Crippen LogP contribution is 2.09. The molecule has 0 aromatic heterocycles. The van der Waals surface area contributed by atoms with Crippen molar-refractivity contribution in [2.24, 2.45) is 5.73 Å². The second-order valence-electron chi connectivity index (χ2n) is 4.91. The van der Waals surface area contributed by atoms with E-state index in [9.17, 15) is 9.90 Å². The Morgan fingerprint density at radius 2 is 1.94 bits per heavy atom. The average Bonchev–Trinajstić information content (AvgIpc) is 2.15. The second kappa shape index (κ2) is 5.80. The summed E-state index contributed by atoms with van der Waals surface area (Å²) in [5.41, 5.74) is 5.46. The van der Waals surface area contributed by atoms with E-state index in [1.165, 1.54) is 0 Å². The van der Waals surface area contributed by atoms with Gasteiger partial charge >= 0.3 is 0 Å². The lowest BCUT2D eigenvalue weighted by atomic mass is 10.1. The monoisotopic (exact) mass is 236 g/mol. The molecule has 94 valence electrons. The van der Waals surface area contributed by atoms with Gasteiger partial charge in [0.1, 0.15) is 0 Å². The van der Waals surface area contributed by atoms with Gasteiger partial charge in [-0.15, -0.1) is 0 Å². The molecule has 4 nitrogen and oxygen atoms in total. The molecular formula is C13H20N2O2. The van der Waals surface area contributed by atoms with E-state index in [0.29, 0.717) is 13.1 Å². The summed E-state index contributed by atoms with van der Waals surface area (Å²) in [5.74, 6) is -0.384. The van der Waals surface area contributed by atoms with E-state index in [0.717, 1.165) is 5.56 Å². The van der Waals surface area contributed by atoms with Crippen molar-refractivity contribution in [3.05, 3.63) is 35.9 Å². The van der Waals surface area contributed by atoms with E-state index in [1.54, 1.807) is 13.8 Å². The molecular weight excluding hydrogens is 216 g/mol. The van der Waals surface area contributed by atoms with Crippen LogP contribution in [0.3, 0.4) is 0 Å². The molecule has 0 aliphatic rings. The van der Waals surface area contributed by atoms with Crippen molar-refractivity contribution in [3.63, 3.8) is 0 Å². The number of carbonyl (C=O) groups excluding carboxylic acids is 1. The molecule has 0 aliphatic carbocycles. The summed E-state index contributed by atoms with van der Waals surface area (Å²) >= 11 is 0. The molecule has 0 spiro atoms. The third-order valence-corrected chi connectivity index (χ3v) is 2.24. The van der Waals surface area contributed by atoms with Crippen LogP contribution < -0.4 is 5.73 Å². The predicted octanol–water partition coefficient (Wildman–Crippen LogP) is 0.745. The minimum atomic E-state index is -0.843. The van der Waals surface area contributed by atoms with Gasteiger partial charge in [-0.25, -0.2) is 0 Å². The van der Waals surface area contributed by atoms with E-state index in [4.69, 9.17) is 5.73 Å². The van der Waals surface area contributed by atoms with Crippen LogP contribution in [0.4, 0.5) is 0 Å². The lowest BCUT2D eigenvalue weighted by Crippen LogP contribution is -2.42. The highest BCUT2D eigenvalue weighted by molar-refractivity contribution is 5.75. The average molecular weight is 236 g/mol. The Balaban J connectivity index is 2.67. The maximum Gasteiger partial charge on any atom is 0.231 e. The van der Waals surface area contributed by atoms with Crippen molar-refractivity contribution in [3.8, 4) is 0 Å². The first kappa shape index (κ1) is 13.7. The Bertz CT molecular complexity index is 357. The van der Waals surface area contributed by atoms with Gasteiger partial charge < -0.3 is 10.8 Å². The molecule has 1 amide bonds. The van der Waals surface area contributed by atoms with Gasteiger partial charge in [-0.05, 0) is 19.4 Å². The number of amides is 1. The molecule has 1 aromatic rings. The van der Waals surface area contributed by atoms with Crippen molar-refractivity contribution >= 4 is 5.91 Å². The van der Waals surface area contributed by atoms with Gasteiger partial charge in [-0.2, -0.15) is 0 Å². The highest BCUT2D eigenvalue weighted by atomic mass is 16.3. The van der Waals surface area contributed by atoms with Crippen LogP contribution in [0.1, 0.15) is 19.4 Å². The second-order valence-corrected chi connectivity index (χ2v) is 4.91. The summed E-state index contributed by atoms with van der Waals surface area (Å²) in [6, 6.07) is 9.80. The summed E-state index contributed by atoms with van der Waals surface area (Å²) in [6.45, 7) is 4.59. The molecule has 0 aliphatic heterocycles. The van der Waals surface area contributed by atoms with Crippen LogP contribution in [0.5, 0.6) is 0 Å². The molecule has 0 fully saturated rings. The van der Waals surface area contributed by atoms with Crippen LogP contribution in [0, 0.1) is 0 Å².